The minimum absolute atomic E-state index is 0.0342. The molecule has 0 aromatic heterocycles. The lowest BCUT2D eigenvalue weighted by Crippen LogP contribution is -2.51. The molecule has 0 radical (unpaired) electrons. The summed E-state index contributed by atoms with van der Waals surface area (Å²) in [6.07, 6.45) is 1.00. The van der Waals surface area contributed by atoms with Gasteiger partial charge in [0.2, 0.25) is 5.91 Å². The highest BCUT2D eigenvalue weighted by molar-refractivity contribution is 5.82. The molecule has 2 atom stereocenters. The molecule has 2 fully saturated rings. The molecule has 2 N–H and O–H groups in total. The third-order valence-electron chi connectivity index (χ3n) is 3.15. The Morgan fingerprint density at radius 1 is 1.40 bits per heavy atom. The summed E-state index contributed by atoms with van der Waals surface area (Å²) in [6, 6.07) is -0.0342. The molecule has 86 valence electrons. The fourth-order valence-corrected chi connectivity index (χ4v) is 2.18. The Bertz CT molecular complexity index is 229. The summed E-state index contributed by atoms with van der Waals surface area (Å²) >= 11 is 0. The van der Waals surface area contributed by atoms with Gasteiger partial charge >= 0.3 is 0 Å². The van der Waals surface area contributed by atoms with Crippen molar-refractivity contribution in [1.29, 1.82) is 0 Å². The number of carbonyl (C=O) groups excluding carboxylic acids is 1. The molecule has 1 amide bonds. The predicted octanol–water partition coefficient (Wildman–Crippen LogP) is -1.20. The van der Waals surface area contributed by atoms with E-state index in [1.807, 2.05) is 4.90 Å². The van der Waals surface area contributed by atoms with Gasteiger partial charge in [0.25, 0.3) is 0 Å². The van der Waals surface area contributed by atoms with Crippen LogP contribution in [0.5, 0.6) is 0 Å². The Morgan fingerprint density at radius 2 is 2.13 bits per heavy atom. The summed E-state index contributed by atoms with van der Waals surface area (Å²) in [5, 5.41) is 6.46. The van der Waals surface area contributed by atoms with Crippen LogP contribution in [0, 0.1) is 0 Å². The van der Waals surface area contributed by atoms with Crippen LogP contribution in [0.25, 0.3) is 0 Å². The predicted molar refractivity (Wildman–Crippen MR) is 56.7 cm³/mol. The maximum Gasteiger partial charge on any atom is 0.239 e. The lowest BCUT2D eigenvalue weighted by Gasteiger charge is -2.29. The van der Waals surface area contributed by atoms with Gasteiger partial charge in [-0.05, 0) is 6.42 Å². The Morgan fingerprint density at radius 3 is 2.73 bits per heavy atom. The number of hydrogen-bond donors (Lipinski definition) is 2. The minimum Gasteiger partial charge on any atom is -0.380 e. The van der Waals surface area contributed by atoms with Crippen molar-refractivity contribution in [3.05, 3.63) is 0 Å². The molecule has 2 heterocycles. The summed E-state index contributed by atoms with van der Waals surface area (Å²) < 4.78 is 5.23. The molecule has 0 aliphatic carbocycles. The highest BCUT2D eigenvalue weighted by Crippen LogP contribution is 2.12. The summed E-state index contributed by atoms with van der Waals surface area (Å²) in [6.45, 7) is 4.26. The molecule has 5 heteroatoms. The molecule has 2 rings (SSSR count). The van der Waals surface area contributed by atoms with Crippen LogP contribution in [0.2, 0.25) is 0 Å². The Hall–Kier alpha value is -0.650. The van der Waals surface area contributed by atoms with Crippen LogP contribution < -0.4 is 10.6 Å². The first-order chi connectivity index (χ1) is 7.31. The zero-order valence-corrected chi connectivity index (χ0v) is 9.16. The van der Waals surface area contributed by atoms with Gasteiger partial charge in [0.1, 0.15) is 0 Å². The fourth-order valence-electron chi connectivity index (χ4n) is 2.18. The van der Waals surface area contributed by atoms with Gasteiger partial charge < -0.3 is 20.3 Å². The van der Waals surface area contributed by atoms with Crippen molar-refractivity contribution in [2.45, 2.75) is 18.6 Å². The molecular weight excluding hydrogens is 194 g/mol. The standard InChI is InChI=1S/C10H19N3O2/c1-15-8-6-9(12-7-8)10(14)13-4-2-11-3-5-13/h8-9,11-12H,2-7H2,1H3. The zero-order valence-electron chi connectivity index (χ0n) is 9.16. The van der Waals surface area contributed by atoms with E-state index in [4.69, 9.17) is 4.74 Å². The maximum absolute atomic E-state index is 12.0. The van der Waals surface area contributed by atoms with Crippen LogP contribution in [0.3, 0.4) is 0 Å². The van der Waals surface area contributed by atoms with Gasteiger partial charge in [-0.1, -0.05) is 0 Å². The molecular formula is C10H19N3O2. The van der Waals surface area contributed by atoms with E-state index in [-0.39, 0.29) is 18.1 Å². The van der Waals surface area contributed by atoms with Gasteiger partial charge in [0.05, 0.1) is 12.1 Å². The number of carbonyl (C=O) groups is 1. The molecule has 5 nitrogen and oxygen atoms in total. The van der Waals surface area contributed by atoms with Gasteiger partial charge in [-0.3, -0.25) is 4.79 Å². The Labute approximate surface area is 90.1 Å². The summed E-state index contributed by atoms with van der Waals surface area (Å²) in [4.78, 5) is 14.0. The number of methoxy groups -OCH3 is 1. The normalized spacial score (nSPS) is 31.9. The van der Waals surface area contributed by atoms with Crippen LogP contribution in [0.15, 0.2) is 0 Å². The quantitative estimate of drug-likeness (QED) is 0.605. The second-order valence-electron chi connectivity index (χ2n) is 4.13. The van der Waals surface area contributed by atoms with E-state index >= 15 is 0 Å². The highest BCUT2D eigenvalue weighted by atomic mass is 16.5. The third-order valence-corrected chi connectivity index (χ3v) is 3.15. The molecule has 0 saturated carbocycles. The summed E-state index contributed by atoms with van der Waals surface area (Å²) in [5.41, 5.74) is 0. The molecule has 0 aromatic carbocycles. The lowest BCUT2D eigenvalue weighted by molar-refractivity contribution is -0.133. The third kappa shape index (κ3) is 2.48. The van der Waals surface area contributed by atoms with Crippen molar-refractivity contribution in [3.63, 3.8) is 0 Å². The number of rotatable bonds is 2. The average Bonchev–Trinajstić information content (AvgIpc) is 2.78. The first-order valence-corrected chi connectivity index (χ1v) is 5.57. The number of ether oxygens (including phenoxy) is 1. The van der Waals surface area contributed by atoms with E-state index in [1.165, 1.54) is 0 Å². The SMILES string of the molecule is COC1CNC(C(=O)N2CCNCC2)C1. The van der Waals surface area contributed by atoms with E-state index in [9.17, 15) is 4.79 Å². The number of piperazine rings is 1. The molecule has 2 unspecified atom stereocenters. The number of hydrogen-bond acceptors (Lipinski definition) is 4. The van der Waals surface area contributed by atoms with Crippen LogP contribution in [0.1, 0.15) is 6.42 Å². The van der Waals surface area contributed by atoms with Gasteiger partial charge in [-0.25, -0.2) is 0 Å². The minimum atomic E-state index is -0.0342. The molecule has 0 spiro atoms. The zero-order chi connectivity index (χ0) is 10.7. The van der Waals surface area contributed by atoms with Crippen LogP contribution in [0.4, 0.5) is 0 Å². The van der Waals surface area contributed by atoms with E-state index in [0.717, 1.165) is 39.1 Å². The molecule has 2 aliphatic rings. The van der Waals surface area contributed by atoms with Crippen molar-refractivity contribution >= 4 is 5.91 Å². The van der Waals surface area contributed by atoms with Gasteiger partial charge in [0.15, 0.2) is 0 Å². The van der Waals surface area contributed by atoms with Crippen LogP contribution in [-0.2, 0) is 9.53 Å². The van der Waals surface area contributed by atoms with Crippen LogP contribution in [-0.4, -0.2) is 62.8 Å². The number of amides is 1. The largest absolute Gasteiger partial charge is 0.380 e. The average molecular weight is 213 g/mol. The summed E-state index contributed by atoms with van der Waals surface area (Å²) in [7, 11) is 1.70. The molecule has 0 aromatic rings. The Balaban J connectivity index is 1.85. The van der Waals surface area contributed by atoms with E-state index in [0.29, 0.717) is 0 Å². The molecule has 2 saturated heterocycles. The summed E-state index contributed by atoms with van der Waals surface area (Å²) in [5.74, 6) is 0.232. The number of nitrogens with zero attached hydrogens (tertiary/aromatic N) is 1. The second-order valence-corrected chi connectivity index (χ2v) is 4.13. The lowest BCUT2D eigenvalue weighted by atomic mass is 10.1. The van der Waals surface area contributed by atoms with Gasteiger partial charge in [0, 0.05) is 39.8 Å². The van der Waals surface area contributed by atoms with Crippen molar-refractivity contribution in [3.8, 4) is 0 Å². The molecule has 15 heavy (non-hydrogen) atoms. The first kappa shape index (κ1) is 10.9. The van der Waals surface area contributed by atoms with E-state index in [1.54, 1.807) is 7.11 Å². The van der Waals surface area contributed by atoms with Gasteiger partial charge in [-0.2, -0.15) is 0 Å². The fraction of sp³-hybridized carbons (Fsp3) is 0.900. The van der Waals surface area contributed by atoms with Gasteiger partial charge in [-0.15, -0.1) is 0 Å². The van der Waals surface area contributed by atoms with E-state index in [2.05, 4.69) is 10.6 Å². The first-order valence-electron chi connectivity index (χ1n) is 5.57. The highest BCUT2D eigenvalue weighted by Gasteiger charge is 2.32. The monoisotopic (exact) mass is 213 g/mol. The topological polar surface area (TPSA) is 53.6 Å². The smallest absolute Gasteiger partial charge is 0.239 e. The molecule has 0 bridgehead atoms. The maximum atomic E-state index is 12.0. The van der Waals surface area contributed by atoms with E-state index < -0.39 is 0 Å². The number of nitrogens with one attached hydrogen (secondary N) is 2. The molecule has 2 aliphatic heterocycles. The van der Waals surface area contributed by atoms with Crippen molar-refractivity contribution in [2.24, 2.45) is 0 Å². The Kier molecular flexibility index (Phi) is 3.56. The van der Waals surface area contributed by atoms with Crippen molar-refractivity contribution in [2.75, 3.05) is 39.8 Å². The second kappa shape index (κ2) is 4.92. The van der Waals surface area contributed by atoms with Crippen molar-refractivity contribution in [1.82, 2.24) is 15.5 Å². The van der Waals surface area contributed by atoms with Crippen molar-refractivity contribution < 1.29 is 9.53 Å². The van der Waals surface area contributed by atoms with Crippen LogP contribution >= 0.6 is 0 Å².